The number of benzene rings is 2. The Balaban J connectivity index is 1.67. The van der Waals surface area contributed by atoms with Crippen LogP contribution in [0.25, 0.3) is 0 Å². The van der Waals surface area contributed by atoms with Crippen LogP contribution in [0.15, 0.2) is 48.5 Å². The normalized spacial score (nSPS) is 13.9. The van der Waals surface area contributed by atoms with Crippen LogP contribution >= 0.6 is 11.6 Å². The number of carbonyl (C=O) groups excluding carboxylic acids is 3. The van der Waals surface area contributed by atoms with Gasteiger partial charge in [-0.3, -0.25) is 9.59 Å². The van der Waals surface area contributed by atoms with Gasteiger partial charge in [-0.25, -0.2) is 4.79 Å². The van der Waals surface area contributed by atoms with Crippen molar-refractivity contribution in [2.45, 2.75) is 26.4 Å². The molecule has 0 aliphatic carbocycles. The maximum Gasteiger partial charge on any atom is 0.409 e. The van der Waals surface area contributed by atoms with E-state index in [4.69, 9.17) is 21.1 Å². The van der Waals surface area contributed by atoms with Crippen LogP contribution in [0.5, 0.6) is 5.75 Å². The van der Waals surface area contributed by atoms with Crippen molar-refractivity contribution in [2.75, 3.05) is 38.1 Å². The van der Waals surface area contributed by atoms with E-state index in [1.807, 2.05) is 0 Å². The van der Waals surface area contributed by atoms with Crippen molar-refractivity contribution in [3.63, 3.8) is 0 Å². The van der Waals surface area contributed by atoms with Crippen LogP contribution in [0.2, 0.25) is 5.02 Å². The zero-order valence-electron chi connectivity index (χ0n) is 19.0. The van der Waals surface area contributed by atoms with E-state index in [0.29, 0.717) is 54.8 Å². The first-order valence-electron chi connectivity index (χ1n) is 10.8. The third kappa shape index (κ3) is 6.16. The van der Waals surface area contributed by atoms with E-state index in [1.54, 1.807) is 79.1 Å². The first kappa shape index (κ1) is 24.4. The second-order valence-electron chi connectivity index (χ2n) is 8.04. The lowest BCUT2D eigenvalue weighted by atomic mass is 10.1. The molecule has 0 aromatic heterocycles. The minimum atomic E-state index is -1.20. The summed E-state index contributed by atoms with van der Waals surface area (Å²) in [6.45, 7) is 6.90. The van der Waals surface area contributed by atoms with E-state index in [2.05, 4.69) is 5.32 Å². The van der Waals surface area contributed by atoms with E-state index in [9.17, 15) is 14.4 Å². The van der Waals surface area contributed by atoms with Gasteiger partial charge in [-0.15, -0.1) is 0 Å². The molecule has 3 amide bonds. The second-order valence-corrected chi connectivity index (χ2v) is 8.48. The number of rotatable bonds is 6. The Labute approximate surface area is 198 Å². The fraction of sp³-hybridized carbons (Fsp3) is 0.375. The van der Waals surface area contributed by atoms with Gasteiger partial charge in [-0.2, -0.15) is 0 Å². The average Bonchev–Trinajstić information content (AvgIpc) is 2.80. The van der Waals surface area contributed by atoms with Gasteiger partial charge in [0.2, 0.25) is 0 Å². The molecule has 0 unspecified atom stereocenters. The van der Waals surface area contributed by atoms with Crippen molar-refractivity contribution in [3.05, 3.63) is 59.1 Å². The number of anilines is 1. The molecule has 1 aliphatic heterocycles. The topological polar surface area (TPSA) is 88.2 Å². The summed E-state index contributed by atoms with van der Waals surface area (Å²) in [5.74, 6) is -0.112. The first-order chi connectivity index (χ1) is 15.7. The summed E-state index contributed by atoms with van der Waals surface area (Å²) in [4.78, 5) is 41.3. The molecule has 0 radical (unpaired) electrons. The van der Waals surface area contributed by atoms with Crippen LogP contribution in [0.4, 0.5) is 10.5 Å². The minimum absolute atomic E-state index is 0.217. The van der Waals surface area contributed by atoms with Gasteiger partial charge in [0.05, 0.1) is 17.9 Å². The van der Waals surface area contributed by atoms with Crippen LogP contribution in [-0.2, 0) is 9.53 Å². The molecule has 1 saturated heterocycles. The molecular formula is C24H28ClN3O5. The molecule has 176 valence electrons. The molecule has 0 atom stereocenters. The first-order valence-corrected chi connectivity index (χ1v) is 11.1. The predicted molar refractivity (Wildman–Crippen MR) is 126 cm³/mol. The molecule has 1 fully saturated rings. The number of piperazine rings is 1. The quantitative estimate of drug-likeness (QED) is 0.683. The van der Waals surface area contributed by atoms with Crippen molar-refractivity contribution < 1.29 is 23.9 Å². The zero-order chi connectivity index (χ0) is 24.0. The highest BCUT2D eigenvalue weighted by Crippen LogP contribution is 2.24. The molecule has 2 aromatic carbocycles. The SMILES string of the molecule is CCOC(=O)N1CCN(C(=O)c2ccccc2NC(=O)C(C)(C)Oc2ccc(Cl)cc2)CC1. The summed E-state index contributed by atoms with van der Waals surface area (Å²) in [5.41, 5.74) is -0.430. The second kappa shape index (κ2) is 10.6. The Morgan fingerprint density at radius 1 is 0.970 bits per heavy atom. The number of para-hydroxylation sites is 1. The lowest BCUT2D eigenvalue weighted by Crippen LogP contribution is -2.51. The zero-order valence-corrected chi connectivity index (χ0v) is 19.7. The molecule has 9 heteroatoms. The molecule has 1 heterocycles. The lowest BCUT2D eigenvalue weighted by Gasteiger charge is -2.34. The summed E-state index contributed by atoms with van der Waals surface area (Å²) in [6.07, 6.45) is -0.375. The maximum atomic E-state index is 13.2. The van der Waals surface area contributed by atoms with Crippen molar-refractivity contribution in [1.82, 2.24) is 9.80 Å². The number of nitrogens with one attached hydrogen (secondary N) is 1. The van der Waals surface area contributed by atoms with Crippen molar-refractivity contribution in [3.8, 4) is 5.75 Å². The monoisotopic (exact) mass is 473 g/mol. The number of hydrogen-bond donors (Lipinski definition) is 1. The summed E-state index contributed by atoms with van der Waals surface area (Å²) < 4.78 is 10.9. The maximum absolute atomic E-state index is 13.2. The standard InChI is InChI=1S/C24H28ClN3O5/c1-4-32-23(31)28-15-13-27(14-16-28)21(29)19-7-5-6-8-20(19)26-22(30)24(2,3)33-18-11-9-17(25)10-12-18/h5-12H,4,13-16H2,1-3H3,(H,26,30). The number of halogens is 1. The highest BCUT2D eigenvalue weighted by atomic mass is 35.5. The third-order valence-electron chi connectivity index (χ3n) is 5.23. The molecule has 1 N–H and O–H groups in total. The summed E-state index contributed by atoms with van der Waals surface area (Å²) >= 11 is 5.91. The van der Waals surface area contributed by atoms with Gasteiger partial charge in [0.1, 0.15) is 5.75 Å². The lowest BCUT2D eigenvalue weighted by molar-refractivity contribution is -0.128. The van der Waals surface area contributed by atoms with Crippen molar-refractivity contribution >= 4 is 35.2 Å². The molecule has 0 bridgehead atoms. The molecule has 1 aliphatic rings. The Morgan fingerprint density at radius 3 is 2.21 bits per heavy atom. The average molecular weight is 474 g/mol. The Morgan fingerprint density at radius 2 is 1.58 bits per heavy atom. The van der Waals surface area contributed by atoms with Gasteiger partial charge in [0.15, 0.2) is 5.60 Å². The summed E-state index contributed by atoms with van der Waals surface area (Å²) in [7, 11) is 0. The molecule has 33 heavy (non-hydrogen) atoms. The summed E-state index contributed by atoms with van der Waals surface area (Å²) in [5, 5.41) is 3.39. The number of nitrogens with zero attached hydrogens (tertiary/aromatic N) is 2. The van der Waals surface area contributed by atoms with Crippen molar-refractivity contribution in [1.29, 1.82) is 0 Å². The fourth-order valence-corrected chi connectivity index (χ4v) is 3.50. The highest BCUT2D eigenvalue weighted by molar-refractivity contribution is 6.30. The highest BCUT2D eigenvalue weighted by Gasteiger charge is 2.32. The van der Waals surface area contributed by atoms with Gasteiger partial charge < -0.3 is 24.6 Å². The van der Waals surface area contributed by atoms with E-state index < -0.39 is 11.5 Å². The van der Waals surface area contributed by atoms with Gasteiger partial charge in [-0.1, -0.05) is 23.7 Å². The van der Waals surface area contributed by atoms with Gasteiger partial charge in [-0.05, 0) is 57.2 Å². The third-order valence-corrected chi connectivity index (χ3v) is 5.48. The van der Waals surface area contributed by atoms with Crippen LogP contribution in [0.3, 0.4) is 0 Å². The van der Waals surface area contributed by atoms with Crippen LogP contribution < -0.4 is 10.1 Å². The Bertz CT molecular complexity index is 1000. The number of carbonyl (C=O) groups is 3. The largest absolute Gasteiger partial charge is 0.478 e. The number of ether oxygens (including phenoxy) is 2. The van der Waals surface area contributed by atoms with Crippen LogP contribution in [-0.4, -0.2) is 66.1 Å². The fourth-order valence-electron chi connectivity index (χ4n) is 3.37. The van der Waals surface area contributed by atoms with Gasteiger partial charge in [0.25, 0.3) is 11.8 Å². The summed E-state index contributed by atoms with van der Waals surface area (Å²) in [6, 6.07) is 13.6. The van der Waals surface area contributed by atoms with E-state index in [-0.39, 0.29) is 12.0 Å². The molecule has 3 rings (SSSR count). The smallest absolute Gasteiger partial charge is 0.409 e. The van der Waals surface area contributed by atoms with E-state index in [1.165, 1.54) is 0 Å². The Hall–Kier alpha value is -3.26. The van der Waals surface area contributed by atoms with Crippen LogP contribution in [0.1, 0.15) is 31.1 Å². The van der Waals surface area contributed by atoms with Crippen molar-refractivity contribution in [2.24, 2.45) is 0 Å². The minimum Gasteiger partial charge on any atom is -0.478 e. The number of amides is 3. The molecular weight excluding hydrogens is 446 g/mol. The van der Waals surface area contributed by atoms with Gasteiger partial charge >= 0.3 is 6.09 Å². The Kier molecular flexibility index (Phi) is 7.81. The van der Waals surface area contributed by atoms with E-state index >= 15 is 0 Å². The molecule has 8 nitrogen and oxygen atoms in total. The molecule has 2 aromatic rings. The predicted octanol–water partition coefficient (Wildman–Crippen LogP) is 4.05. The number of hydrogen-bond acceptors (Lipinski definition) is 5. The van der Waals surface area contributed by atoms with Gasteiger partial charge in [0, 0.05) is 31.2 Å². The van der Waals surface area contributed by atoms with Crippen LogP contribution in [0, 0.1) is 0 Å². The molecule has 0 saturated carbocycles. The van der Waals surface area contributed by atoms with E-state index in [0.717, 1.165) is 0 Å². The molecule has 0 spiro atoms.